The highest BCUT2D eigenvalue weighted by molar-refractivity contribution is 7.88. The Morgan fingerprint density at radius 3 is 2.14 bits per heavy atom. The van der Waals surface area contributed by atoms with Crippen molar-refractivity contribution in [2.75, 3.05) is 0 Å². The Kier molecular flexibility index (Phi) is 5.43. The summed E-state index contributed by atoms with van der Waals surface area (Å²) in [5.74, 6) is -0.299. The van der Waals surface area contributed by atoms with E-state index >= 15 is 0 Å². The van der Waals surface area contributed by atoms with Crippen LogP contribution in [0.3, 0.4) is 0 Å². The van der Waals surface area contributed by atoms with Gasteiger partial charge < -0.3 is 4.18 Å². The van der Waals surface area contributed by atoms with E-state index in [1.54, 1.807) is 6.07 Å². The van der Waals surface area contributed by atoms with E-state index < -0.39 is 23.7 Å². The van der Waals surface area contributed by atoms with Crippen LogP contribution >= 0.6 is 0 Å². The van der Waals surface area contributed by atoms with E-state index in [1.165, 1.54) is 6.20 Å². The minimum absolute atomic E-state index is 0.299. The largest absolute Gasteiger partial charge is 0.534 e. The molecule has 0 radical (unpaired) electrons. The lowest BCUT2D eigenvalue weighted by atomic mass is 10.5. The van der Waals surface area contributed by atoms with Gasteiger partial charge in [-0.15, -0.1) is 0 Å². The topological polar surface area (TPSA) is 56.3 Å². The van der Waals surface area contributed by atoms with E-state index in [9.17, 15) is 21.6 Å². The Hall–Kier alpha value is -1.09. The van der Waals surface area contributed by atoms with Gasteiger partial charge in [-0.1, -0.05) is 38.9 Å². The maximum atomic E-state index is 12.5. The van der Waals surface area contributed by atoms with Crippen LogP contribution in [0.5, 0.6) is 5.75 Å². The van der Waals surface area contributed by atoms with Gasteiger partial charge in [-0.2, -0.15) is 21.6 Å². The third-order valence-corrected chi connectivity index (χ3v) is 10.5. The highest BCUT2D eigenvalue weighted by Gasteiger charge is 2.49. The Balaban J connectivity index is 3.35. The molecule has 0 fully saturated rings. The molecular formula is C12H18F3NO3SSi. The molecule has 0 saturated heterocycles. The first-order valence-corrected chi connectivity index (χ1v) is 10.6. The van der Waals surface area contributed by atoms with Gasteiger partial charge in [0.2, 0.25) is 0 Å². The molecule has 9 heteroatoms. The fourth-order valence-electron chi connectivity index (χ4n) is 2.37. The third-order valence-electron chi connectivity index (χ3n) is 3.87. The van der Waals surface area contributed by atoms with Gasteiger partial charge in [0.05, 0.1) is 14.3 Å². The number of hydrogen-bond donors (Lipinski definition) is 0. The highest BCUT2D eigenvalue weighted by Crippen LogP contribution is 2.29. The number of alkyl halides is 3. The second kappa shape index (κ2) is 6.35. The molecule has 0 aliphatic rings. The van der Waals surface area contributed by atoms with E-state index in [4.69, 9.17) is 0 Å². The highest BCUT2D eigenvalue weighted by atomic mass is 32.2. The van der Waals surface area contributed by atoms with Gasteiger partial charge in [0.25, 0.3) is 0 Å². The zero-order chi connectivity index (χ0) is 16.3. The molecular weight excluding hydrogens is 323 g/mol. The van der Waals surface area contributed by atoms with Gasteiger partial charge in [-0.3, -0.25) is 4.98 Å². The fraction of sp³-hybridized carbons (Fsp3) is 0.583. The molecule has 1 aromatic heterocycles. The first kappa shape index (κ1) is 18.0. The van der Waals surface area contributed by atoms with Crippen LogP contribution in [0.15, 0.2) is 18.5 Å². The molecule has 0 amide bonds. The summed E-state index contributed by atoms with van der Waals surface area (Å²) in [6.07, 6.45) is 2.49. The van der Waals surface area contributed by atoms with E-state index in [-0.39, 0.29) is 5.75 Å². The lowest BCUT2D eigenvalue weighted by Gasteiger charge is -2.29. The van der Waals surface area contributed by atoms with Gasteiger partial charge in [0.1, 0.15) is 0 Å². The van der Waals surface area contributed by atoms with Crippen molar-refractivity contribution in [2.45, 2.75) is 44.4 Å². The van der Waals surface area contributed by atoms with Crippen molar-refractivity contribution < 1.29 is 25.8 Å². The van der Waals surface area contributed by atoms with Crippen molar-refractivity contribution in [1.82, 2.24) is 4.98 Å². The van der Waals surface area contributed by atoms with Crippen molar-refractivity contribution in [1.29, 1.82) is 0 Å². The zero-order valence-electron chi connectivity index (χ0n) is 12.1. The number of rotatable bonds is 6. The first-order chi connectivity index (χ1) is 9.63. The Morgan fingerprint density at radius 2 is 1.71 bits per heavy atom. The van der Waals surface area contributed by atoms with Gasteiger partial charge in [0.15, 0.2) is 5.75 Å². The van der Waals surface area contributed by atoms with Crippen LogP contribution in [0.1, 0.15) is 20.8 Å². The summed E-state index contributed by atoms with van der Waals surface area (Å²) >= 11 is 0. The molecule has 1 heterocycles. The minimum Gasteiger partial charge on any atom is -0.374 e. The van der Waals surface area contributed by atoms with E-state index in [0.29, 0.717) is 5.19 Å². The molecule has 1 rings (SSSR count). The van der Waals surface area contributed by atoms with E-state index in [2.05, 4.69) is 9.17 Å². The number of halogens is 3. The third kappa shape index (κ3) is 3.57. The van der Waals surface area contributed by atoms with Crippen LogP contribution in [-0.4, -0.2) is 27.0 Å². The standard InChI is InChI=1S/C12H18F3NO3SSi/c1-4-21(5-2,6-3)11-7-8-16-9-10(11)19-20(17,18)12(13,14)15/h7-9H,4-6H2,1-3H3. The van der Waals surface area contributed by atoms with Gasteiger partial charge in [-0.05, 0) is 11.3 Å². The minimum atomic E-state index is -5.68. The van der Waals surface area contributed by atoms with Crippen molar-refractivity contribution in [3.05, 3.63) is 18.5 Å². The molecule has 1 aromatic rings. The van der Waals surface area contributed by atoms with Crippen LogP contribution in [0.25, 0.3) is 0 Å². The van der Waals surface area contributed by atoms with Crippen molar-refractivity contribution in [2.24, 2.45) is 0 Å². The average molecular weight is 341 g/mol. The van der Waals surface area contributed by atoms with Gasteiger partial charge in [-0.25, -0.2) is 0 Å². The number of nitrogens with zero attached hydrogens (tertiary/aromatic N) is 1. The fourth-order valence-corrected chi connectivity index (χ4v) is 6.62. The summed E-state index contributed by atoms with van der Waals surface area (Å²) in [4.78, 5) is 3.69. The second-order valence-electron chi connectivity index (χ2n) is 4.70. The maximum absolute atomic E-state index is 12.5. The number of pyridine rings is 1. The lowest BCUT2D eigenvalue weighted by molar-refractivity contribution is -0.0499. The van der Waals surface area contributed by atoms with Gasteiger partial charge in [0, 0.05) is 6.20 Å². The van der Waals surface area contributed by atoms with E-state index in [0.717, 1.165) is 24.3 Å². The summed E-state index contributed by atoms with van der Waals surface area (Å²) in [7, 11) is -7.77. The molecule has 120 valence electrons. The SMILES string of the molecule is CC[Si](CC)(CC)c1ccncc1OS(=O)(=O)C(F)(F)F. The van der Waals surface area contributed by atoms with Crippen LogP contribution in [0.2, 0.25) is 18.1 Å². The summed E-state index contributed by atoms with van der Waals surface area (Å²) in [5.41, 5.74) is -5.45. The van der Waals surface area contributed by atoms with E-state index in [1.807, 2.05) is 20.8 Å². The normalized spacial score (nSPS) is 13.2. The van der Waals surface area contributed by atoms with Crippen LogP contribution in [0.4, 0.5) is 13.2 Å². The van der Waals surface area contributed by atoms with Crippen LogP contribution in [0, 0.1) is 0 Å². The summed E-state index contributed by atoms with van der Waals surface area (Å²) in [5, 5.41) is 0.567. The van der Waals surface area contributed by atoms with Gasteiger partial charge >= 0.3 is 15.6 Å². The molecule has 0 atom stereocenters. The average Bonchev–Trinajstić information content (AvgIpc) is 2.41. The molecule has 0 aliphatic carbocycles. The molecule has 0 bridgehead atoms. The predicted molar refractivity (Wildman–Crippen MR) is 76.7 cm³/mol. The molecule has 0 aliphatic heterocycles. The van der Waals surface area contributed by atoms with Crippen molar-refractivity contribution in [3.8, 4) is 5.75 Å². The first-order valence-electron chi connectivity index (χ1n) is 6.58. The molecule has 0 aromatic carbocycles. The Morgan fingerprint density at radius 1 is 1.19 bits per heavy atom. The lowest BCUT2D eigenvalue weighted by Crippen LogP contribution is -2.47. The molecule has 0 N–H and O–H groups in total. The second-order valence-corrected chi connectivity index (χ2v) is 11.5. The molecule has 21 heavy (non-hydrogen) atoms. The molecule has 0 unspecified atom stereocenters. The Labute approximate surface area is 123 Å². The predicted octanol–water partition coefficient (Wildman–Crippen LogP) is 3.03. The Bertz CT molecular complexity index is 577. The number of hydrogen-bond acceptors (Lipinski definition) is 4. The van der Waals surface area contributed by atoms with Crippen molar-refractivity contribution >= 4 is 23.4 Å². The maximum Gasteiger partial charge on any atom is 0.534 e. The monoisotopic (exact) mass is 341 g/mol. The smallest absolute Gasteiger partial charge is 0.374 e. The molecule has 0 saturated carbocycles. The molecule has 0 spiro atoms. The summed E-state index contributed by atoms with van der Waals surface area (Å²) in [6, 6.07) is 3.93. The van der Waals surface area contributed by atoms with Crippen molar-refractivity contribution in [3.63, 3.8) is 0 Å². The summed E-state index contributed by atoms with van der Waals surface area (Å²) < 4.78 is 64.2. The summed E-state index contributed by atoms with van der Waals surface area (Å²) in [6.45, 7) is 5.88. The van der Waals surface area contributed by atoms with Crippen LogP contribution < -0.4 is 9.37 Å². The quantitative estimate of drug-likeness (QED) is 0.453. The molecule has 4 nitrogen and oxygen atoms in total. The zero-order valence-corrected chi connectivity index (χ0v) is 13.9. The van der Waals surface area contributed by atoms with Crippen LogP contribution in [-0.2, 0) is 10.1 Å². The number of aromatic nitrogens is 1.